The number of nitrogens with zero attached hydrogens (tertiary/aromatic N) is 4. The largest absolute Gasteiger partial charge is 0.495 e. The molecule has 0 aliphatic carbocycles. The number of hydrogen-bond donors (Lipinski definition) is 3. The van der Waals surface area contributed by atoms with Crippen molar-refractivity contribution in [3.63, 3.8) is 0 Å². The standard InChI is InChI=1S/C18H17N7O3/c1-28-13-4-2-3-10-11(7-15(26)23-16(10)13)18(27)21-9-14-22-17(25-24-14)12-8-19-5-6-20-12/h2-6,8,11H,7,9H2,1H3,(H,21,27)(H,23,26)(H,22,24,25)/t11-/m0/s1. The minimum absolute atomic E-state index is 0.0628. The van der Waals surface area contributed by atoms with Gasteiger partial charge in [0.25, 0.3) is 0 Å². The van der Waals surface area contributed by atoms with E-state index in [4.69, 9.17) is 4.74 Å². The molecule has 142 valence electrons. The summed E-state index contributed by atoms with van der Waals surface area (Å²) in [7, 11) is 1.52. The molecule has 2 amide bonds. The molecule has 4 rings (SSSR count). The Morgan fingerprint density at radius 3 is 3.04 bits per heavy atom. The van der Waals surface area contributed by atoms with Gasteiger partial charge in [0.2, 0.25) is 17.6 Å². The lowest BCUT2D eigenvalue weighted by Gasteiger charge is -2.26. The molecule has 1 atom stereocenters. The summed E-state index contributed by atoms with van der Waals surface area (Å²) in [6.45, 7) is 0.142. The van der Waals surface area contributed by atoms with E-state index in [0.717, 1.165) is 0 Å². The molecular weight excluding hydrogens is 362 g/mol. The molecule has 0 saturated heterocycles. The highest BCUT2D eigenvalue weighted by molar-refractivity contribution is 6.02. The van der Waals surface area contributed by atoms with Gasteiger partial charge in [0.05, 0.1) is 31.5 Å². The minimum atomic E-state index is -0.610. The van der Waals surface area contributed by atoms with Gasteiger partial charge in [-0.2, -0.15) is 5.10 Å². The zero-order valence-electron chi connectivity index (χ0n) is 15.0. The Bertz CT molecular complexity index is 1020. The first-order valence-electron chi connectivity index (χ1n) is 8.58. The molecule has 10 heteroatoms. The molecule has 0 spiro atoms. The molecule has 0 radical (unpaired) electrons. The van der Waals surface area contributed by atoms with E-state index < -0.39 is 5.92 Å². The fraction of sp³-hybridized carbons (Fsp3) is 0.222. The summed E-state index contributed by atoms with van der Waals surface area (Å²) >= 11 is 0. The highest BCUT2D eigenvalue weighted by atomic mass is 16.5. The van der Waals surface area contributed by atoms with Crippen LogP contribution < -0.4 is 15.4 Å². The summed E-state index contributed by atoms with van der Waals surface area (Å²) in [6.07, 6.45) is 4.72. The van der Waals surface area contributed by atoms with Crippen LogP contribution in [-0.2, 0) is 16.1 Å². The van der Waals surface area contributed by atoms with Crippen molar-refractivity contribution in [1.29, 1.82) is 0 Å². The third-order valence-corrected chi connectivity index (χ3v) is 4.38. The molecule has 0 unspecified atom stereocenters. The van der Waals surface area contributed by atoms with E-state index in [-0.39, 0.29) is 24.8 Å². The molecule has 0 saturated carbocycles. The molecule has 1 aromatic carbocycles. The van der Waals surface area contributed by atoms with Gasteiger partial charge in [0.15, 0.2) is 0 Å². The summed E-state index contributed by atoms with van der Waals surface area (Å²) < 4.78 is 5.28. The molecule has 3 N–H and O–H groups in total. The van der Waals surface area contributed by atoms with Crippen molar-refractivity contribution < 1.29 is 14.3 Å². The van der Waals surface area contributed by atoms with Crippen molar-refractivity contribution in [3.05, 3.63) is 48.2 Å². The van der Waals surface area contributed by atoms with Crippen LogP contribution in [0.2, 0.25) is 0 Å². The van der Waals surface area contributed by atoms with E-state index >= 15 is 0 Å². The molecular formula is C18H17N7O3. The predicted octanol–water partition coefficient (Wildman–Crippen LogP) is 1.01. The number of H-pyrrole nitrogens is 1. The van der Waals surface area contributed by atoms with E-state index in [1.54, 1.807) is 30.7 Å². The van der Waals surface area contributed by atoms with Crippen LogP contribution >= 0.6 is 0 Å². The SMILES string of the molecule is COc1cccc2c1NC(=O)C[C@@H]2C(=O)NCc1nc(-c2cnccn2)n[nH]1. The number of para-hydroxylation sites is 1. The van der Waals surface area contributed by atoms with Gasteiger partial charge < -0.3 is 15.4 Å². The maximum atomic E-state index is 12.7. The van der Waals surface area contributed by atoms with Crippen molar-refractivity contribution in [2.45, 2.75) is 18.9 Å². The number of aromatic nitrogens is 5. The molecule has 2 aromatic heterocycles. The zero-order chi connectivity index (χ0) is 19.5. The normalized spacial score (nSPS) is 15.5. The number of anilines is 1. The lowest BCUT2D eigenvalue weighted by molar-refractivity contribution is -0.126. The summed E-state index contributed by atoms with van der Waals surface area (Å²) in [6, 6.07) is 5.34. The molecule has 3 heterocycles. The van der Waals surface area contributed by atoms with Gasteiger partial charge in [-0.1, -0.05) is 12.1 Å². The third kappa shape index (κ3) is 3.39. The number of nitrogens with one attached hydrogen (secondary N) is 3. The maximum Gasteiger partial charge on any atom is 0.228 e. The highest BCUT2D eigenvalue weighted by Gasteiger charge is 2.32. The number of carbonyl (C=O) groups excluding carboxylic acids is 2. The Kier molecular flexibility index (Phi) is 4.67. The van der Waals surface area contributed by atoms with E-state index in [2.05, 4.69) is 35.8 Å². The number of hydrogen-bond acceptors (Lipinski definition) is 7. The van der Waals surface area contributed by atoms with Crippen LogP contribution in [0, 0.1) is 0 Å². The van der Waals surface area contributed by atoms with Crippen molar-refractivity contribution in [1.82, 2.24) is 30.5 Å². The van der Waals surface area contributed by atoms with Crippen molar-refractivity contribution >= 4 is 17.5 Å². The fourth-order valence-corrected chi connectivity index (χ4v) is 3.06. The van der Waals surface area contributed by atoms with Crippen LogP contribution in [0.4, 0.5) is 5.69 Å². The van der Waals surface area contributed by atoms with Crippen molar-refractivity contribution in [3.8, 4) is 17.3 Å². The number of amides is 2. The van der Waals surface area contributed by atoms with E-state index in [1.807, 2.05) is 6.07 Å². The van der Waals surface area contributed by atoms with Gasteiger partial charge in [0.1, 0.15) is 17.3 Å². The van der Waals surface area contributed by atoms with Gasteiger partial charge in [0, 0.05) is 18.8 Å². The Morgan fingerprint density at radius 2 is 2.25 bits per heavy atom. The van der Waals surface area contributed by atoms with Gasteiger partial charge in [-0.15, -0.1) is 0 Å². The second kappa shape index (κ2) is 7.43. The van der Waals surface area contributed by atoms with Crippen LogP contribution in [0.25, 0.3) is 11.5 Å². The third-order valence-electron chi connectivity index (χ3n) is 4.38. The molecule has 28 heavy (non-hydrogen) atoms. The number of fused-ring (bicyclic) bond motifs is 1. The number of rotatable bonds is 5. The summed E-state index contributed by atoms with van der Waals surface area (Å²) in [5, 5.41) is 12.4. The van der Waals surface area contributed by atoms with Gasteiger partial charge >= 0.3 is 0 Å². The molecule has 10 nitrogen and oxygen atoms in total. The van der Waals surface area contributed by atoms with E-state index in [1.165, 1.54) is 7.11 Å². The Morgan fingerprint density at radius 1 is 1.36 bits per heavy atom. The molecule has 3 aromatic rings. The summed E-state index contributed by atoms with van der Waals surface area (Å²) in [5.41, 5.74) is 1.78. The highest BCUT2D eigenvalue weighted by Crippen LogP contribution is 2.38. The number of ether oxygens (including phenoxy) is 1. The van der Waals surface area contributed by atoms with E-state index in [0.29, 0.717) is 34.3 Å². The Balaban J connectivity index is 1.48. The quantitative estimate of drug-likeness (QED) is 0.602. The number of benzene rings is 1. The average molecular weight is 379 g/mol. The lowest BCUT2D eigenvalue weighted by atomic mass is 9.89. The first-order valence-corrected chi connectivity index (χ1v) is 8.58. The van der Waals surface area contributed by atoms with Crippen LogP contribution in [0.15, 0.2) is 36.8 Å². The molecule has 1 aliphatic rings. The number of methoxy groups -OCH3 is 1. The summed E-state index contributed by atoms with van der Waals surface area (Å²) in [5.74, 6) is 0.265. The van der Waals surface area contributed by atoms with Gasteiger partial charge in [-0.3, -0.25) is 19.7 Å². The minimum Gasteiger partial charge on any atom is -0.495 e. The Hall–Kier alpha value is -3.82. The second-order valence-corrected chi connectivity index (χ2v) is 6.14. The molecule has 0 fully saturated rings. The number of carbonyl (C=O) groups is 2. The second-order valence-electron chi connectivity index (χ2n) is 6.14. The number of aromatic amines is 1. The first kappa shape index (κ1) is 17.6. The average Bonchev–Trinajstić information content (AvgIpc) is 3.20. The van der Waals surface area contributed by atoms with Crippen molar-refractivity contribution in [2.75, 3.05) is 12.4 Å². The van der Waals surface area contributed by atoms with Crippen LogP contribution in [0.3, 0.4) is 0 Å². The lowest BCUT2D eigenvalue weighted by Crippen LogP contribution is -2.35. The maximum absolute atomic E-state index is 12.7. The molecule has 0 bridgehead atoms. The summed E-state index contributed by atoms with van der Waals surface area (Å²) in [4.78, 5) is 37.2. The van der Waals surface area contributed by atoms with Crippen LogP contribution in [0.5, 0.6) is 5.75 Å². The van der Waals surface area contributed by atoms with Crippen LogP contribution in [0.1, 0.15) is 23.7 Å². The smallest absolute Gasteiger partial charge is 0.228 e. The van der Waals surface area contributed by atoms with Gasteiger partial charge in [-0.25, -0.2) is 9.97 Å². The van der Waals surface area contributed by atoms with Crippen LogP contribution in [-0.4, -0.2) is 44.1 Å². The van der Waals surface area contributed by atoms with Crippen molar-refractivity contribution in [2.24, 2.45) is 0 Å². The Labute approximate surface area is 159 Å². The fourth-order valence-electron chi connectivity index (χ4n) is 3.06. The predicted molar refractivity (Wildman–Crippen MR) is 98.2 cm³/mol. The monoisotopic (exact) mass is 379 g/mol. The first-order chi connectivity index (χ1) is 13.7. The molecule has 1 aliphatic heterocycles. The zero-order valence-corrected chi connectivity index (χ0v) is 15.0. The van der Waals surface area contributed by atoms with Gasteiger partial charge in [-0.05, 0) is 11.6 Å². The topological polar surface area (TPSA) is 135 Å². The van der Waals surface area contributed by atoms with E-state index in [9.17, 15) is 9.59 Å².